The quantitative estimate of drug-likeness (QED) is 0.365. The molecule has 1 fully saturated rings. The molecule has 2 N–H and O–H groups in total. The third-order valence-electron chi connectivity index (χ3n) is 6.55. The van der Waals surface area contributed by atoms with Crippen molar-refractivity contribution in [3.05, 3.63) is 90.5 Å². The lowest BCUT2D eigenvalue weighted by atomic mass is 10.1. The van der Waals surface area contributed by atoms with E-state index in [0.717, 1.165) is 46.8 Å². The van der Waals surface area contributed by atoms with Gasteiger partial charge in [-0.1, -0.05) is 36.4 Å². The van der Waals surface area contributed by atoms with Gasteiger partial charge in [0.05, 0.1) is 6.04 Å². The molecule has 0 spiro atoms. The molecule has 4 aromatic rings. The standard InChI is InChI=1S/C29H32N6O2/c1-33(2)17-7-11-25(36)34-18-6-10-24(34)29-32-26(27-28(30)31-16-19-35(27)29)22-12-14-23(15-13-22)37-20-21-8-4-3-5-9-21/h3-5,7-9,11-16,19,24H,6,10,17-18,20H2,1-2H3,(H2,30,31)/b11-7+/t24-/m0/s1. The van der Waals surface area contributed by atoms with Crippen LogP contribution in [0.25, 0.3) is 16.8 Å². The van der Waals surface area contributed by atoms with Crippen LogP contribution in [0.4, 0.5) is 5.82 Å². The number of amides is 1. The van der Waals surface area contributed by atoms with Crippen molar-refractivity contribution in [2.45, 2.75) is 25.5 Å². The Bertz CT molecular complexity index is 1400. The maximum absolute atomic E-state index is 13.0. The number of nitrogen functional groups attached to an aromatic ring is 1. The molecule has 1 aliphatic heterocycles. The minimum atomic E-state index is -0.131. The van der Waals surface area contributed by atoms with Crippen molar-refractivity contribution in [2.24, 2.45) is 0 Å². The Hall–Kier alpha value is -4.17. The average Bonchev–Trinajstić information content (AvgIpc) is 3.54. The van der Waals surface area contributed by atoms with Gasteiger partial charge in [0.25, 0.3) is 0 Å². The number of benzene rings is 2. The van der Waals surface area contributed by atoms with E-state index in [1.165, 1.54) is 0 Å². The van der Waals surface area contributed by atoms with Crippen LogP contribution in [-0.2, 0) is 11.4 Å². The molecule has 1 atom stereocenters. The maximum Gasteiger partial charge on any atom is 0.246 e. The summed E-state index contributed by atoms with van der Waals surface area (Å²) in [5.41, 5.74) is 9.87. The lowest BCUT2D eigenvalue weighted by Gasteiger charge is -2.22. The minimum absolute atomic E-state index is 0.00426. The predicted octanol–water partition coefficient (Wildman–Crippen LogP) is 4.34. The normalized spacial score (nSPS) is 15.8. The molecule has 190 valence electrons. The van der Waals surface area contributed by atoms with Gasteiger partial charge in [-0.3, -0.25) is 9.20 Å². The summed E-state index contributed by atoms with van der Waals surface area (Å²) in [7, 11) is 3.96. The number of anilines is 1. The molecule has 8 nitrogen and oxygen atoms in total. The first kappa shape index (κ1) is 24.5. The zero-order valence-corrected chi connectivity index (χ0v) is 21.2. The van der Waals surface area contributed by atoms with E-state index in [1.807, 2.05) is 95.2 Å². The Labute approximate surface area is 217 Å². The molecule has 2 aromatic carbocycles. The third-order valence-corrected chi connectivity index (χ3v) is 6.55. The molecule has 0 saturated carbocycles. The molecule has 5 rings (SSSR count). The smallest absolute Gasteiger partial charge is 0.246 e. The number of rotatable bonds is 8. The van der Waals surface area contributed by atoms with Crippen molar-refractivity contribution in [3.8, 4) is 17.0 Å². The van der Waals surface area contributed by atoms with Crippen molar-refractivity contribution < 1.29 is 9.53 Å². The largest absolute Gasteiger partial charge is 0.489 e. The van der Waals surface area contributed by atoms with Crippen LogP contribution in [0.3, 0.4) is 0 Å². The van der Waals surface area contributed by atoms with Crippen LogP contribution in [0.5, 0.6) is 5.75 Å². The fourth-order valence-electron chi connectivity index (χ4n) is 4.73. The highest BCUT2D eigenvalue weighted by atomic mass is 16.5. The van der Waals surface area contributed by atoms with Crippen LogP contribution in [0.15, 0.2) is 79.1 Å². The van der Waals surface area contributed by atoms with Crippen LogP contribution in [0, 0.1) is 0 Å². The van der Waals surface area contributed by atoms with Gasteiger partial charge in [-0.05, 0) is 56.8 Å². The molecule has 0 bridgehead atoms. The number of fused-ring (bicyclic) bond motifs is 1. The Balaban J connectivity index is 1.43. The predicted molar refractivity (Wildman–Crippen MR) is 145 cm³/mol. The van der Waals surface area contributed by atoms with Crippen LogP contribution in [0.1, 0.15) is 30.3 Å². The van der Waals surface area contributed by atoms with E-state index in [4.69, 9.17) is 15.5 Å². The van der Waals surface area contributed by atoms with Crippen LogP contribution in [-0.4, -0.2) is 57.3 Å². The van der Waals surface area contributed by atoms with Gasteiger partial charge in [0.15, 0.2) is 0 Å². The van der Waals surface area contributed by atoms with Crippen LogP contribution >= 0.6 is 0 Å². The SMILES string of the molecule is CN(C)C/C=C/C(=O)N1CCC[C@H]1c1nc(-c2ccc(OCc3ccccc3)cc2)c2c(N)nccn12. The number of carbonyl (C=O) groups excluding carboxylic acids is 1. The molecule has 2 aromatic heterocycles. The first-order chi connectivity index (χ1) is 18.0. The second-order valence-corrected chi connectivity index (χ2v) is 9.50. The van der Waals surface area contributed by atoms with E-state index >= 15 is 0 Å². The third kappa shape index (κ3) is 5.34. The van der Waals surface area contributed by atoms with E-state index < -0.39 is 0 Å². The second kappa shape index (κ2) is 10.8. The summed E-state index contributed by atoms with van der Waals surface area (Å²) in [6.07, 6.45) is 8.89. The van der Waals surface area contributed by atoms with Crippen molar-refractivity contribution in [1.82, 2.24) is 24.2 Å². The summed E-state index contributed by atoms with van der Waals surface area (Å²) in [6, 6.07) is 17.8. The summed E-state index contributed by atoms with van der Waals surface area (Å²) >= 11 is 0. The lowest BCUT2D eigenvalue weighted by molar-refractivity contribution is -0.127. The Morgan fingerprint density at radius 3 is 2.70 bits per heavy atom. The molecule has 0 aliphatic carbocycles. The number of likely N-dealkylation sites (tertiary alicyclic amines) is 1. The molecular formula is C29H32N6O2. The first-order valence-corrected chi connectivity index (χ1v) is 12.5. The summed E-state index contributed by atoms with van der Waals surface area (Å²) < 4.78 is 7.94. The number of hydrogen-bond acceptors (Lipinski definition) is 6. The van der Waals surface area contributed by atoms with Gasteiger partial charge in [0.1, 0.15) is 35.2 Å². The zero-order chi connectivity index (χ0) is 25.8. The fourth-order valence-corrected chi connectivity index (χ4v) is 4.73. The molecule has 3 heterocycles. The first-order valence-electron chi connectivity index (χ1n) is 12.5. The molecular weight excluding hydrogens is 464 g/mol. The molecule has 1 amide bonds. The summed E-state index contributed by atoms with van der Waals surface area (Å²) in [4.78, 5) is 26.3. The highest BCUT2D eigenvalue weighted by molar-refractivity contribution is 5.89. The fraction of sp³-hybridized carbons (Fsp3) is 0.276. The number of imidazole rings is 1. The van der Waals surface area contributed by atoms with Gasteiger partial charge >= 0.3 is 0 Å². The maximum atomic E-state index is 13.0. The Morgan fingerprint density at radius 2 is 1.95 bits per heavy atom. The highest BCUT2D eigenvalue weighted by Gasteiger charge is 2.33. The summed E-state index contributed by atoms with van der Waals surface area (Å²) in [5, 5.41) is 0. The van der Waals surface area contributed by atoms with E-state index in [1.54, 1.807) is 12.3 Å². The number of aromatic nitrogens is 3. The van der Waals surface area contributed by atoms with Crippen molar-refractivity contribution >= 4 is 17.2 Å². The van der Waals surface area contributed by atoms with Crippen molar-refractivity contribution in [3.63, 3.8) is 0 Å². The molecule has 0 unspecified atom stereocenters. The molecule has 1 saturated heterocycles. The Morgan fingerprint density at radius 1 is 1.16 bits per heavy atom. The number of nitrogens with zero attached hydrogens (tertiary/aromatic N) is 5. The summed E-state index contributed by atoms with van der Waals surface area (Å²) in [6.45, 7) is 1.92. The number of likely N-dealkylation sites (N-methyl/N-ethyl adjacent to an activating group) is 1. The second-order valence-electron chi connectivity index (χ2n) is 9.50. The lowest BCUT2D eigenvalue weighted by Crippen LogP contribution is -2.30. The molecule has 8 heteroatoms. The molecule has 0 radical (unpaired) electrons. The van der Waals surface area contributed by atoms with E-state index in [9.17, 15) is 4.79 Å². The van der Waals surface area contributed by atoms with Crippen LogP contribution in [0.2, 0.25) is 0 Å². The topological polar surface area (TPSA) is 89.0 Å². The molecule has 1 aliphatic rings. The van der Waals surface area contributed by atoms with Crippen LogP contribution < -0.4 is 10.5 Å². The Kier molecular flexibility index (Phi) is 7.18. The molecule has 37 heavy (non-hydrogen) atoms. The zero-order valence-electron chi connectivity index (χ0n) is 21.2. The minimum Gasteiger partial charge on any atom is -0.489 e. The monoisotopic (exact) mass is 496 g/mol. The number of ether oxygens (including phenoxy) is 1. The van der Waals surface area contributed by atoms with Gasteiger partial charge in [0.2, 0.25) is 5.91 Å². The van der Waals surface area contributed by atoms with Gasteiger partial charge < -0.3 is 20.3 Å². The van der Waals surface area contributed by atoms with Crippen molar-refractivity contribution in [2.75, 3.05) is 32.9 Å². The van der Waals surface area contributed by atoms with E-state index in [0.29, 0.717) is 25.5 Å². The number of carbonyl (C=O) groups is 1. The van der Waals surface area contributed by atoms with Gasteiger partial charge in [-0.25, -0.2) is 9.97 Å². The average molecular weight is 497 g/mol. The number of hydrogen-bond donors (Lipinski definition) is 1. The highest BCUT2D eigenvalue weighted by Crippen LogP contribution is 2.36. The van der Waals surface area contributed by atoms with E-state index in [2.05, 4.69) is 4.98 Å². The van der Waals surface area contributed by atoms with Gasteiger partial charge in [0, 0.05) is 37.1 Å². The summed E-state index contributed by atoms with van der Waals surface area (Å²) in [5.74, 6) is 1.99. The van der Waals surface area contributed by atoms with Crippen molar-refractivity contribution in [1.29, 1.82) is 0 Å². The van der Waals surface area contributed by atoms with Gasteiger partial charge in [-0.2, -0.15) is 0 Å². The van der Waals surface area contributed by atoms with Gasteiger partial charge in [-0.15, -0.1) is 0 Å². The number of nitrogens with two attached hydrogens (primary N) is 1. The van der Waals surface area contributed by atoms with E-state index in [-0.39, 0.29) is 11.9 Å².